The molecule has 1 aliphatic heterocycles. The number of allylic oxidation sites excluding steroid dienone is 2. The fraction of sp³-hybridized carbons (Fsp3) is 0.381. The lowest BCUT2D eigenvalue weighted by Crippen LogP contribution is -2.36. The molecule has 26 heavy (non-hydrogen) atoms. The third-order valence-corrected chi connectivity index (χ3v) is 4.49. The molecule has 1 aromatic carbocycles. The molecular formula is C21H28N4O. The SMILES string of the molecule is CC(/C=C(\C)c1ccc(N(C)C2CCOCC2)cc1)=N/C=C\N=CC=N. The van der Waals surface area contributed by atoms with Crippen molar-refractivity contribution in [3.63, 3.8) is 0 Å². The van der Waals surface area contributed by atoms with Gasteiger partial charge >= 0.3 is 0 Å². The highest BCUT2D eigenvalue weighted by Gasteiger charge is 2.18. The lowest BCUT2D eigenvalue weighted by Gasteiger charge is -2.33. The van der Waals surface area contributed by atoms with Crippen LogP contribution in [0.25, 0.3) is 5.57 Å². The highest BCUT2D eigenvalue weighted by Crippen LogP contribution is 2.23. The van der Waals surface area contributed by atoms with E-state index < -0.39 is 0 Å². The van der Waals surface area contributed by atoms with E-state index in [4.69, 9.17) is 10.1 Å². The van der Waals surface area contributed by atoms with E-state index in [1.54, 1.807) is 12.4 Å². The molecule has 1 saturated heterocycles. The molecule has 0 saturated carbocycles. The Morgan fingerprint density at radius 3 is 2.50 bits per heavy atom. The van der Waals surface area contributed by atoms with Crippen LogP contribution in [-0.2, 0) is 4.74 Å². The van der Waals surface area contributed by atoms with Crippen LogP contribution in [0.3, 0.4) is 0 Å². The zero-order chi connectivity index (χ0) is 18.8. The van der Waals surface area contributed by atoms with Crippen molar-refractivity contribution < 1.29 is 4.74 Å². The van der Waals surface area contributed by atoms with Crippen molar-refractivity contribution in [1.82, 2.24) is 0 Å². The lowest BCUT2D eigenvalue weighted by atomic mass is 10.0. The molecule has 5 heteroatoms. The van der Waals surface area contributed by atoms with Crippen LogP contribution in [0.2, 0.25) is 0 Å². The second-order valence-electron chi connectivity index (χ2n) is 6.36. The van der Waals surface area contributed by atoms with Crippen molar-refractivity contribution in [2.45, 2.75) is 32.7 Å². The number of anilines is 1. The molecule has 0 bridgehead atoms. The monoisotopic (exact) mass is 352 g/mol. The van der Waals surface area contributed by atoms with Crippen LogP contribution in [0, 0.1) is 5.41 Å². The molecule has 0 aliphatic carbocycles. The highest BCUT2D eigenvalue weighted by molar-refractivity contribution is 6.14. The zero-order valence-electron chi connectivity index (χ0n) is 15.9. The normalized spacial score (nSPS) is 17.2. The molecule has 0 radical (unpaired) electrons. The van der Waals surface area contributed by atoms with Gasteiger partial charge in [-0.05, 0) is 56.0 Å². The van der Waals surface area contributed by atoms with E-state index in [9.17, 15) is 0 Å². The molecule has 1 N–H and O–H groups in total. The molecule has 1 fully saturated rings. The molecular weight excluding hydrogens is 324 g/mol. The van der Waals surface area contributed by atoms with Crippen LogP contribution in [0.15, 0.2) is 52.7 Å². The standard InChI is InChI=1S/C21H28N4O/c1-17(16-18(2)24-13-12-23-11-10-22)19-4-6-20(7-5-19)25(3)21-8-14-26-15-9-21/h4-7,10-13,16,21-22H,8-9,14-15H2,1-3H3/b13-12-,17-16+,22-10?,23-11?,24-18-. The van der Waals surface area contributed by atoms with Crippen molar-refractivity contribution in [3.8, 4) is 0 Å². The van der Waals surface area contributed by atoms with Gasteiger partial charge in [0.2, 0.25) is 0 Å². The van der Waals surface area contributed by atoms with Crippen LogP contribution in [0.1, 0.15) is 32.3 Å². The Morgan fingerprint density at radius 1 is 1.15 bits per heavy atom. The van der Waals surface area contributed by atoms with Crippen LogP contribution in [0.5, 0.6) is 0 Å². The van der Waals surface area contributed by atoms with Gasteiger partial charge in [-0.1, -0.05) is 12.1 Å². The number of nitrogens with zero attached hydrogens (tertiary/aromatic N) is 3. The van der Waals surface area contributed by atoms with Gasteiger partial charge in [0, 0.05) is 62.5 Å². The Balaban J connectivity index is 2.01. The minimum Gasteiger partial charge on any atom is -0.381 e. The number of aliphatic imine (C=N–C) groups is 2. The summed E-state index contributed by atoms with van der Waals surface area (Å²) in [4.78, 5) is 10.6. The van der Waals surface area contributed by atoms with Crippen LogP contribution in [0.4, 0.5) is 5.69 Å². The van der Waals surface area contributed by atoms with Crippen LogP contribution >= 0.6 is 0 Å². The molecule has 1 aliphatic rings. The van der Waals surface area contributed by atoms with Gasteiger partial charge in [0.1, 0.15) is 0 Å². The number of rotatable bonds is 7. The summed E-state index contributed by atoms with van der Waals surface area (Å²) in [6.45, 7) is 5.76. The number of benzene rings is 1. The second kappa shape index (κ2) is 10.5. The van der Waals surface area contributed by atoms with E-state index in [0.717, 1.165) is 38.0 Å². The molecule has 0 unspecified atom stereocenters. The van der Waals surface area contributed by atoms with Gasteiger partial charge in [0.25, 0.3) is 0 Å². The minimum atomic E-state index is 0.558. The Morgan fingerprint density at radius 2 is 1.85 bits per heavy atom. The zero-order valence-corrected chi connectivity index (χ0v) is 15.9. The Bertz CT molecular complexity index is 695. The Hall–Kier alpha value is -2.53. The third-order valence-electron chi connectivity index (χ3n) is 4.49. The summed E-state index contributed by atoms with van der Waals surface area (Å²) in [5.41, 5.74) is 4.51. The van der Waals surface area contributed by atoms with Gasteiger partial charge in [0.05, 0.1) is 0 Å². The summed E-state index contributed by atoms with van der Waals surface area (Å²) in [5, 5.41) is 6.85. The third kappa shape index (κ3) is 6.08. The van der Waals surface area contributed by atoms with Crippen molar-refractivity contribution in [3.05, 3.63) is 48.3 Å². The summed E-state index contributed by atoms with van der Waals surface area (Å²) < 4.78 is 5.45. The van der Waals surface area contributed by atoms with E-state index in [-0.39, 0.29) is 0 Å². The molecule has 0 amide bonds. The summed E-state index contributed by atoms with van der Waals surface area (Å²) in [5.74, 6) is 0. The number of hydrogen-bond donors (Lipinski definition) is 1. The quantitative estimate of drug-likeness (QED) is 0.741. The average Bonchev–Trinajstić information content (AvgIpc) is 2.68. The fourth-order valence-electron chi connectivity index (χ4n) is 2.96. The van der Waals surface area contributed by atoms with Crippen LogP contribution < -0.4 is 4.90 Å². The second-order valence-corrected chi connectivity index (χ2v) is 6.36. The average molecular weight is 352 g/mol. The van der Waals surface area contributed by atoms with Gasteiger partial charge in [-0.25, -0.2) is 0 Å². The fourth-order valence-corrected chi connectivity index (χ4v) is 2.96. The van der Waals surface area contributed by atoms with Gasteiger partial charge in [-0.3, -0.25) is 9.98 Å². The van der Waals surface area contributed by atoms with Gasteiger partial charge in [-0.2, -0.15) is 0 Å². The van der Waals surface area contributed by atoms with E-state index in [2.05, 4.69) is 59.2 Å². The maximum Gasteiger partial charge on any atom is 0.0485 e. The summed E-state index contributed by atoms with van der Waals surface area (Å²) in [6.07, 6.45) is 9.97. The Labute approximate surface area is 156 Å². The van der Waals surface area contributed by atoms with Gasteiger partial charge in [0.15, 0.2) is 0 Å². The maximum atomic E-state index is 6.85. The van der Waals surface area contributed by atoms with E-state index >= 15 is 0 Å². The molecule has 1 heterocycles. The van der Waals surface area contributed by atoms with Crippen molar-refractivity contribution in [1.29, 1.82) is 5.41 Å². The molecule has 5 nitrogen and oxygen atoms in total. The largest absolute Gasteiger partial charge is 0.381 e. The van der Waals surface area contributed by atoms with E-state index in [1.807, 2.05) is 6.92 Å². The minimum absolute atomic E-state index is 0.558. The topological polar surface area (TPSA) is 61.0 Å². The smallest absolute Gasteiger partial charge is 0.0485 e. The molecule has 138 valence electrons. The number of nitrogens with one attached hydrogen (secondary N) is 1. The van der Waals surface area contributed by atoms with Crippen molar-refractivity contribution >= 4 is 29.4 Å². The van der Waals surface area contributed by atoms with Crippen LogP contribution in [-0.4, -0.2) is 44.4 Å². The molecule has 0 atom stereocenters. The number of hydrogen-bond acceptors (Lipinski definition) is 5. The first-order valence-corrected chi connectivity index (χ1v) is 8.93. The van der Waals surface area contributed by atoms with Gasteiger partial charge in [-0.15, -0.1) is 0 Å². The first-order chi connectivity index (χ1) is 12.6. The molecule has 0 spiro atoms. The van der Waals surface area contributed by atoms with Gasteiger partial charge < -0.3 is 15.0 Å². The molecule has 0 aromatic heterocycles. The van der Waals surface area contributed by atoms with Crippen molar-refractivity contribution in [2.24, 2.45) is 9.98 Å². The summed E-state index contributed by atoms with van der Waals surface area (Å²) in [7, 11) is 2.16. The summed E-state index contributed by atoms with van der Waals surface area (Å²) in [6, 6.07) is 9.24. The molecule has 1 aromatic rings. The van der Waals surface area contributed by atoms with E-state index in [0.29, 0.717) is 6.04 Å². The predicted molar refractivity (Wildman–Crippen MR) is 112 cm³/mol. The van der Waals surface area contributed by atoms with Crippen molar-refractivity contribution in [2.75, 3.05) is 25.2 Å². The highest BCUT2D eigenvalue weighted by atomic mass is 16.5. The first kappa shape index (κ1) is 19.8. The predicted octanol–water partition coefficient (Wildman–Crippen LogP) is 4.36. The van der Waals surface area contributed by atoms with E-state index in [1.165, 1.54) is 23.0 Å². The lowest BCUT2D eigenvalue weighted by molar-refractivity contribution is 0.0855. The number of ether oxygens (including phenoxy) is 1. The molecule has 2 rings (SSSR count). The maximum absolute atomic E-state index is 6.85. The summed E-state index contributed by atoms with van der Waals surface area (Å²) >= 11 is 0. The first-order valence-electron chi connectivity index (χ1n) is 8.93. The Kier molecular flexibility index (Phi) is 7.96.